The van der Waals surface area contributed by atoms with E-state index in [2.05, 4.69) is 27.9 Å². The summed E-state index contributed by atoms with van der Waals surface area (Å²) in [4.78, 5) is 12.1. The second-order valence-electron chi connectivity index (χ2n) is 5.03. The summed E-state index contributed by atoms with van der Waals surface area (Å²) in [6, 6.07) is 7.55. The van der Waals surface area contributed by atoms with Crippen molar-refractivity contribution in [2.24, 2.45) is 5.41 Å². The van der Waals surface area contributed by atoms with Crippen LogP contribution in [0.2, 0.25) is 0 Å². The van der Waals surface area contributed by atoms with Gasteiger partial charge in [0.25, 0.3) is 5.91 Å². The third-order valence-corrected chi connectivity index (χ3v) is 4.68. The lowest BCUT2D eigenvalue weighted by molar-refractivity contribution is 0.0880. The normalized spacial score (nSPS) is 17.7. The zero-order valence-corrected chi connectivity index (χ0v) is 12.4. The molecule has 1 aliphatic rings. The molecule has 0 aromatic heterocycles. The SMILES string of the molecule is O=C(NCC1(CO)CCCC1)c1ccccc1I. The van der Waals surface area contributed by atoms with E-state index in [9.17, 15) is 9.90 Å². The third kappa shape index (κ3) is 3.03. The van der Waals surface area contributed by atoms with Crippen molar-refractivity contribution in [3.8, 4) is 0 Å². The van der Waals surface area contributed by atoms with Gasteiger partial charge < -0.3 is 10.4 Å². The minimum atomic E-state index is -0.0874. The Kier molecular flexibility index (Phi) is 4.61. The molecule has 1 saturated carbocycles. The smallest absolute Gasteiger partial charge is 0.252 e. The van der Waals surface area contributed by atoms with Crippen molar-refractivity contribution < 1.29 is 9.90 Å². The number of rotatable bonds is 4. The number of benzene rings is 1. The van der Waals surface area contributed by atoms with Crippen LogP contribution in [0.25, 0.3) is 0 Å². The molecule has 0 atom stereocenters. The van der Waals surface area contributed by atoms with Gasteiger partial charge in [-0.1, -0.05) is 25.0 Å². The van der Waals surface area contributed by atoms with Gasteiger partial charge in [0.2, 0.25) is 0 Å². The van der Waals surface area contributed by atoms with Crippen molar-refractivity contribution >= 4 is 28.5 Å². The third-order valence-electron chi connectivity index (χ3n) is 3.74. The number of carbonyl (C=O) groups is 1. The molecule has 0 saturated heterocycles. The van der Waals surface area contributed by atoms with Crippen molar-refractivity contribution in [1.82, 2.24) is 5.32 Å². The highest BCUT2D eigenvalue weighted by Crippen LogP contribution is 2.36. The van der Waals surface area contributed by atoms with Crippen LogP contribution in [0.1, 0.15) is 36.0 Å². The maximum atomic E-state index is 12.1. The molecule has 3 nitrogen and oxygen atoms in total. The van der Waals surface area contributed by atoms with Crippen molar-refractivity contribution in [1.29, 1.82) is 0 Å². The lowest BCUT2D eigenvalue weighted by atomic mass is 9.87. The highest BCUT2D eigenvalue weighted by Gasteiger charge is 2.33. The molecule has 0 aliphatic heterocycles. The van der Waals surface area contributed by atoms with Crippen LogP contribution < -0.4 is 5.32 Å². The Hall–Kier alpha value is -0.620. The van der Waals surface area contributed by atoms with Gasteiger partial charge in [-0.3, -0.25) is 4.79 Å². The number of amides is 1. The summed E-state index contributed by atoms with van der Waals surface area (Å²) in [7, 11) is 0. The number of hydrogen-bond donors (Lipinski definition) is 2. The van der Waals surface area contributed by atoms with Gasteiger partial charge in [-0.15, -0.1) is 0 Å². The van der Waals surface area contributed by atoms with E-state index in [0.717, 1.165) is 29.3 Å². The van der Waals surface area contributed by atoms with Crippen LogP contribution in [0.15, 0.2) is 24.3 Å². The largest absolute Gasteiger partial charge is 0.396 e. The van der Waals surface area contributed by atoms with E-state index < -0.39 is 0 Å². The Morgan fingerprint density at radius 3 is 2.61 bits per heavy atom. The quantitative estimate of drug-likeness (QED) is 0.812. The van der Waals surface area contributed by atoms with Crippen LogP contribution in [-0.4, -0.2) is 24.2 Å². The minimum Gasteiger partial charge on any atom is -0.396 e. The summed E-state index contributed by atoms with van der Waals surface area (Å²) in [5, 5.41) is 12.5. The van der Waals surface area contributed by atoms with Gasteiger partial charge in [0, 0.05) is 15.5 Å². The number of carbonyl (C=O) groups excluding carboxylic acids is 1. The standard InChI is InChI=1S/C14H18INO2/c15-12-6-2-1-5-11(12)13(18)16-9-14(10-17)7-3-4-8-14/h1-2,5-6,17H,3-4,7-10H2,(H,16,18). The summed E-state index contributed by atoms with van der Waals surface area (Å²) < 4.78 is 0.956. The molecule has 1 aliphatic carbocycles. The molecular weight excluding hydrogens is 341 g/mol. The van der Waals surface area contributed by atoms with Crippen LogP contribution >= 0.6 is 22.6 Å². The lowest BCUT2D eigenvalue weighted by Gasteiger charge is -2.26. The van der Waals surface area contributed by atoms with E-state index in [4.69, 9.17) is 0 Å². The predicted octanol–water partition coefficient (Wildman–Crippen LogP) is 2.57. The fourth-order valence-corrected chi connectivity index (χ4v) is 3.16. The average molecular weight is 359 g/mol. The first-order valence-corrected chi connectivity index (χ1v) is 7.38. The fraction of sp³-hybridized carbons (Fsp3) is 0.500. The minimum absolute atomic E-state index is 0.0419. The van der Waals surface area contributed by atoms with E-state index in [1.54, 1.807) is 0 Å². The van der Waals surface area contributed by atoms with Gasteiger partial charge >= 0.3 is 0 Å². The maximum Gasteiger partial charge on any atom is 0.252 e. The highest BCUT2D eigenvalue weighted by molar-refractivity contribution is 14.1. The second kappa shape index (κ2) is 6.02. The fourth-order valence-electron chi connectivity index (χ4n) is 2.52. The molecule has 0 bridgehead atoms. The van der Waals surface area contributed by atoms with Crippen molar-refractivity contribution in [2.75, 3.05) is 13.2 Å². The molecule has 1 aromatic carbocycles. The molecule has 0 radical (unpaired) electrons. The molecule has 2 N–H and O–H groups in total. The summed E-state index contributed by atoms with van der Waals surface area (Å²) >= 11 is 2.17. The van der Waals surface area contributed by atoms with Gasteiger partial charge in [-0.05, 0) is 47.6 Å². The number of aliphatic hydroxyl groups is 1. The molecule has 1 aromatic rings. The number of hydrogen-bond acceptors (Lipinski definition) is 2. The molecule has 1 fully saturated rings. The second-order valence-corrected chi connectivity index (χ2v) is 6.19. The molecule has 2 rings (SSSR count). The first-order valence-electron chi connectivity index (χ1n) is 6.30. The van der Waals surface area contributed by atoms with E-state index in [0.29, 0.717) is 12.1 Å². The Balaban J connectivity index is 1.98. The zero-order chi connectivity index (χ0) is 13.0. The van der Waals surface area contributed by atoms with E-state index in [-0.39, 0.29) is 17.9 Å². The number of nitrogens with one attached hydrogen (secondary N) is 1. The molecule has 1 amide bonds. The number of aliphatic hydroxyl groups excluding tert-OH is 1. The Bertz CT molecular complexity index is 428. The van der Waals surface area contributed by atoms with Crippen molar-refractivity contribution in [3.63, 3.8) is 0 Å². The topological polar surface area (TPSA) is 49.3 Å². The van der Waals surface area contributed by atoms with Gasteiger partial charge in [-0.25, -0.2) is 0 Å². The van der Waals surface area contributed by atoms with Crippen LogP contribution in [0.4, 0.5) is 0 Å². The summed E-state index contributed by atoms with van der Waals surface area (Å²) in [5.41, 5.74) is 0.625. The molecule has 18 heavy (non-hydrogen) atoms. The zero-order valence-electron chi connectivity index (χ0n) is 10.3. The number of halogens is 1. The molecule has 0 unspecified atom stereocenters. The molecule has 98 valence electrons. The summed E-state index contributed by atoms with van der Waals surface area (Å²) in [5.74, 6) is -0.0419. The Morgan fingerprint density at radius 1 is 1.33 bits per heavy atom. The van der Waals surface area contributed by atoms with E-state index in [1.807, 2.05) is 24.3 Å². The summed E-state index contributed by atoms with van der Waals surface area (Å²) in [6.45, 7) is 0.743. The van der Waals surface area contributed by atoms with Gasteiger partial charge in [0.05, 0.1) is 12.2 Å². The van der Waals surface area contributed by atoms with Gasteiger partial charge in [0.15, 0.2) is 0 Å². The van der Waals surface area contributed by atoms with Gasteiger partial charge in [0.1, 0.15) is 0 Å². The Morgan fingerprint density at radius 2 is 2.00 bits per heavy atom. The lowest BCUT2D eigenvalue weighted by Crippen LogP contribution is -2.38. The van der Waals surface area contributed by atoms with Crippen molar-refractivity contribution in [2.45, 2.75) is 25.7 Å². The maximum absolute atomic E-state index is 12.1. The molecular formula is C14H18INO2. The average Bonchev–Trinajstić information content (AvgIpc) is 2.86. The Labute approximate surface area is 121 Å². The monoisotopic (exact) mass is 359 g/mol. The van der Waals surface area contributed by atoms with Crippen LogP contribution in [0, 0.1) is 8.99 Å². The van der Waals surface area contributed by atoms with Crippen molar-refractivity contribution in [3.05, 3.63) is 33.4 Å². The van der Waals surface area contributed by atoms with E-state index >= 15 is 0 Å². The van der Waals surface area contributed by atoms with Crippen LogP contribution in [0.5, 0.6) is 0 Å². The van der Waals surface area contributed by atoms with Gasteiger partial charge in [-0.2, -0.15) is 0 Å². The molecule has 4 heteroatoms. The van der Waals surface area contributed by atoms with E-state index in [1.165, 1.54) is 0 Å². The van der Waals surface area contributed by atoms with Crippen LogP contribution in [-0.2, 0) is 0 Å². The summed E-state index contributed by atoms with van der Waals surface area (Å²) in [6.07, 6.45) is 4.32. The molecule has 0 spiro atoms. The predicted molar refractivity (Wildman–Crippen MR) is 79.5 cm³/mol. The first-order chi connectivity index (χ1) is 8.67. The highest BCUT2D eigenvalue weighted by atomic mass is 127. The first kappa shape index (κ1) is 13.8. The van der Waals surface area contributed by atoms with Crippen LogP contribution in [0.3, 0.4) is 0 Å². The molecule has 0 heterocycles.